The van der Waals surface area contributed by atoms with E-state index in [4.69, 9.17) is 0 Å². The number of anilines is 1. The molecule has 0 aliphatic carbocycles. The van der Waals surface area contributed by atoms with Gasteiger partial charge in [-0.3, -0.25) is 4.79 Å². The van der Waals surface area contributed by atoms with Crippen LogP contribution in [0.5, 0.6) is 0 Å². The maximum Gasteiger partial charge on any atom is 0.225 e. The molecule has 0 fully saturated rings. The molecule has 2 atom stereocenters. The van der Waals surface area contributed by atoms with Crippen LogP contribution in [0.3, 0.4) is 0 Å². The van der Waals surface area contributed by atoms with Crippen LogP contribution in [0, 0.1) is 5.92 Å². The molecule has 1 amide bonds. The maximum atomic E-state index is 12.4. The van der Waals surface area contributed by atoms with Gasteiger partial charge in [0.2, 0.25) is 5.91 Å². The zero-order valence-corrected chi connectivity index (χ0v) is 12.3. The van der Waals surface area contributed by atoms with Crippen molar-refractivity contribution in [2.24, 2.45) is 5.92 Å². The van der Waals surface area contributed by atoms with Gasteiger partial charge in [0.1, 0.15) is 0 Å². The summed E-state index contributed by atoms with van der Waals surface area (Å²) >= 11 is 0. The summed E-state index contributed by atoms with van der Waals surface area (Å²) in [6.45, 7) is 8.32. The van der Waals surface area contributed by atoms with Gasteiger partial charge in [-0.15, -0.1) is 0 Å². The van der Waals surface area contributed by atoms with Crippen molar-refractivity contribution in [1.82, 2.24) is 5.32 Å². The Morgan fingerprint density at radius 2 is 2.11 bits per heavy atom. The molecule has 19 heavy (non-hydrogen) atoms. The highest BCUT2D eigenvalue weighted by atomic mass is 16.2. The molecule has 0 radical (unpaired) electrons. The van der Waals surface area contributed by atoms with Gasteiger partial charge in [0, 0.05) is 17.3 Å². The number of para-hydroxylation sites is 1. The highest BCUT2D eigenvalue weighted by Gasteiger charge is 2.32. The second-order valence-electron chi connectivity index (χ2n) is 6.13. The quantitative estimate of drug-likeness (QED) is 0.877. The van der Waals surface area contributed by atoms with E-state index in [0.717, 1.165) is 18.5 Å². The van der Waals surface area contributed by atoms with Crippen molar-refractivity contribution in [2.75, 3.05) is 5.32 Å². The van der Waals surface area contributed by atoms with Crippen LogP contribution in [-0.4, -0.2) is 17.5 Å². The van der Waals surface area contributed by atoms with Gasteiger partial charge in [-0.25, -0.2) is 0 Å². The fourth-order valence-electron chi connectivity index (χ4n) is 2.43. The number of carbonyl (C=O) groups is 1. The summed E-state index contributed by atoms with van der Waals surface area (Å²) in [5, 5.41) is 6.59. The molecule has 0 spiro atoms. The molecule has 2 unspecified atom stereocenters. The molecule has 2 N–H and O–H groups in total. The first-order valence-electron chi connectivity index (χ1n) is 7.09. The van der Waals surface area contributed by atoms with Gasteiger partial charge in [0.25, 0.3) is 0 Å². The fourth-order valence-corrected chi connectivity index (χ4v) is 2.43. The summed E-state index contributed by atoms with van der Waals surface area (Å²) < 4.78 is 0. The van der Waals surface area contributed by atoms with E-state index < -0.39 is 0 Å². The topological polar surface area (TPSA) is 41.1 Å². The Kier molecular flexibility index (Phi) is 3.83. The van der Waals surface area contributed by atoms with Gasteiger partial charge in [-0.05, 0) is 45.2 Å². The standard InChI is InChI=1S/C16H24N2O/c1-5-16(3,4)18-15(19)13-10-12-8-6-7-9-14(12)17-11(13)2/h6-9,11,13,17H,5,10H2,1-4H3,(H,18,19). The van der Waals surface area contributed by atoms with Crippen LogP contribution >= 0.6 is 0 Å². The van der Waals surface area contributed by atoms with Crippen molar-refractivity contribution in [2.45, 2.75) is 52.1 Å². The third kappa shape index (κ3) is 3.09. The lowest BCUT2D eigenvalue weighted by atomic mass is 9.86. The lowest BCUT2D eigenvalue weighted by molar-refractivity contribution is -0.127. The molecule has 1 aliphatic heterocycles. The zero-order valence-electron chi connectivity index (χ0n) is 12.3. The molecule has 1 aliphatic rings. The van der Waals surface area contributed by atoms with Gasteiger partial charge >= 0.3 is 0 Å². The number of nitrogens with one attached hydrogen (secondary N) is 2. The minimum Gasteiger partial charge on any atom is -0.382 e. The molecule has 1 heterocycles. The van der Waals surface area contributed by atoms with Gasteiger partial charge in [-0.1, -0.05) is 25.1 Å². The van der Waals surface area contributed by atoms with E-state index in [1.807, 2.05) is 12.1 Å². The lowest BCUT2D eigenvalue weighted by Crippen LogP contribution is -2.50. The molecule has 0 saturated heterocycles. The molecule has 104 valence electrons. The van der Waals surface area contributed by atoms with E-state index in [0.29, 0.717) is 0 Å². The average molecular weight is 260 g/mol. The van der Waals surface area contributed by atoms with Crippen LogP contribution in [0.2, 0.25) is 0 Å². The predicted molar refractivity (Wildman–Crippen MR) is 79.2 cm³/mol. The molecule has 0 aromatic heterocycles. The van der Waals surface area contributed by atoms with Crippen molar-refractivity contribution >= 4 is 11.6 Å². The molecule has 0 bridgehead atoms. The number of amides is 1. The smallest absolute Gasteiger partial charge is 0.225 e. The SMILES string of the molecule is CCC(C)(C)NC(=O)C1Cc2ccccc2NC1C. The van der Waals surface area contributed by atoms with Gasteiger partial charge in [0.05, 0.1) is 5.92 Å². The largest absolute Gasteiger partial charge is 0.382 e. The number of hydrogen-bond acceptors (Lipinski definition) is 2. The van der Waals surface area contributed by atoms with E-state index in [1.165, 1.54) is 5.56 Å². The van der Waals surface area contributed by atoms with Crippen LogP contribution in [0.4, 0.5) is 5.69 Å². The third-order valence-corrected chi connectivity index (χ3v) is 4.13. The number of hydrogen-bond donors (Lipinski definition) is 2. The summed E-state index contributed by atoms with van der Waals surface area (Å²) in [6.07, 6.45) is 1.75. The summed E-state index contributed by atoms with van der Waals surface area (Å²) in [5.74, 6) is 0.155. The highest BCUT2D eigenvalue weighted by Crippen LogP contribution is 2.28. The molecule has 0 saturated carbocycles. The van der Waals surface area contributed by atoms with Crippen molar-refractivity contribution in [3.05, 3.63) is 29.8 Å². The van der Waals surface area contributed by atoms with Crippen molar-refractivity contribution in [3.63, 3.8) is 0 Å². The number of carbonyl (C=O) groups excluding carboxylic acids is 1. The van der Waals surface area contributed by atoms with Crippen molar-refractivity contribution in [3.8, 4) is 0 Å². The summed E-state index contributed by atoms with van der Waals surface area (Å²) in [6, 6.07) is 8.40. The predicted octanol–water partition coefficient (Wildman–Crippen LogP) is 2.96. The molecule has 3 heteroatoms. The van der Waals surface area contributed by atoms with Crippen molar-refractivity contribution in [1.29, 1.82) is 0 Å². The Balaban J connectivity index is 2.12. The summed E-state index contributed by atoms with van der Waals surface area (Å²) in [7, 11) is 0. The normalized spacial score (nSPS) is 22.3. The Bertz CT molecular complexity index is 468. The molecular weight excluding hydrogens is 236 g/mol. The minimum atomic E-state index is -0.131. The monoisotopic (exact) mass is 260 g/mol. The van der Waals surface area contributed by atoms with E-state index in [1.54, 1.807) is 0 Å². The Hall–Kier alpha value is -1.51. The van der Waals surface area contributed by atoms with Gasteiger partial charge < -0.3 is 10.6 Å². The molecular formula is C16H24N2O. The second kappa shape index (κ2) is 5.24. The lowest BCUT2D eigenvalue weighted by Gasteiger charge is -2.34. The zero-order chi connectivity index (χ0) is 14.0. The van der Waals surface area contributed by atoms with Gasteiger partial charge in [0.15, 0.2) is 0 Å². The Labute approximate surface area is 115 Å². The Morgan fingerprint density at radius 1 is 1.42 bits per heavy atom. The van der Waals surface area contributed by atoms with E-state index in [9.17, 15) is 4.79 Å². The summed E-state index contributed by atoms with van der Waals surface area (Å²) in [5.41, 5.74) is 2.26. The van der Waals surface area contributed by atoms with Crippen molar-refractivity contribution < 1.29 is 4.79 Å². The van der Waals surface area contributed by atoms with Crippen LogP contribution < -0.4 is 10.6 Å². The highest BCUT2D eigenvalue weighted by molar-refractivity contribution is 5.82. The number of rotatable bonds is 3. The molecule has 1 aromatic rings. The second-order valence-corrected chi connectivity index (χ2v) is 6.13. The molecule has 1 aromatic carbocycles. The van der Waals surface area contributed by atoms with E-state index in [2.05, 4.69) is 50.5 Å². The first-order chi connectivity index (χ1) is 8.93. The Morgan fingerprint density at radius 3 is 2.79 bits per heavy atom. The molecule has 3 nitrogen and oxygen atoms in total. The minimum absolute atomic E-state index is 0.000671. The van der Waals surface area contributed by atoms with Gasteiger partial charge in [-0.2, -0.15) is 0 Å². The number of benzene rings is 1. The molecule has 2 rings (SSSR count). The van der Waals surface area contributed by atoms with Crippen LogP contribution in [0.25, 0.3) is 0 Å². The first kappa shape index (κ1) is 13.9. The average Bonchev–Trinajstić information content (AvgIpc) is 2.37. The number of fused-ring (bicyclic) bond motifs is 1. The van der Waals surface area contributed by atoms with E-state index >= 15 is 0 Å². The van der Waals surface area contributed by atoms with E-state index in [-0.39, 0.29) is 23.4 Å². The first-order valence-corrected chi connectivity index (χ1v) is 7.09. The fraction of sp³-hybridized carbons (Fsp3) is 0.562. The van der Waals surface area contributed by atoms with Crippen LogP contribution in [0.15, 0.2) is 24.3 Å². The van der Waals surface area contributed by atoms with Crippen LogP contribution in [-0.2, 0) is 11.2 Å². The maximum absolute atomic E-state index is 12.4. The third-order valence-electron chi connectivity index (χ3n) is 4.13. The summed E-state index contributed by atoms with van der Waals surface area (Å²) in [4.78, 5) is 12.4. The van der Waals surface area contributed by atoms with Crippen LogP contribution in [0.1, 0.15) is 39.7 Å².